The van der Waals surface area contributed by atoms with Crippen LogP contribution in [0.5, 0.6) is 0 Å². The minimum Gasteiger partial charge on any atom is -0.302 e. The predicted octanol–water partition coefficient (Wildman–Crippen LogP) is 3.46. The average molecular weight is 269 g/mol. The summed E-state index contributed by atoms with van der Waals surface area (Å²) >= 11 is 7.88. The number of halogens is 1. The lowest BCUT2D eigenvalue weighted by Crippen LogP contribution is -2.27. The maximum absolute atomic E-state index is 8.87. The van der Waals surface area contributed by atoms with Crippen LogP contribution in [0.1, 0.15) is 18.9 Å². The number of nitrogens with zero attached hydrogens (tertiary/aromatic N) is 1. The Morgan fingerprint density at radius 3 is 2.88 bits per heavy atom. The summed E-state index contributed by atoms with van der Waals surface area (Å²) < 4.78 is 0. The van der Waals surface area contributed by atoms with Crippen molar-refractivity contribution in [3.63, 3.8) is 0 Å². The van der Waals surface area contributed by atoms with Gasteiger partial charge in [0.1, 0.15) is 0 Å². The van der Waals surface area contributed by atoms with Crippen LogP contribution in [0.3, 0.4) is 0 Å². The molecule has 0 amide bonds. The molecule has 0 heterocycles. The summed E-state index contributed by atoms with van der Waals surface area (Å²) in [4.78, 5) is 0. The van der Waals surface area contributed by atoms with Crippen LogP contribution in [-0.4, -0.2) is 18.3 Å². The normalized spacial score (nSPS) is 12.1. The smallest absolute Gasteiger partial charge is 0.0960 e. The van der Waals surface area contributed by atoms with E-state index in [1.807, 2.05) is 43.0 Å². The molecule has 0 fully saturated rings. The Hall–Kier alpha value is -0.690. The maximum Gasteiger partial charge on any atom is 0.0960 e. The molecule has 1 rings (SSSR count). The summed E-state index contributed by atoms with van der Waals surface area (Å²) in [5, 5.41) is 12.8. The quantitative estimate of drug-likeness (QED) is 0.770. The standard InChI is InChI=1S/C13H17ClN2S/c1-2-16-12(9-15)7-8-17-10-11-5-3-4-6-13(11)14/h3-6,12,16H,2,7-8,10H2,1H3. The molecule has 0 aromatic heterocycles. The summed E-state index contributed by atoms with van der Waals surface area (Å²) in [7, 11) is 0. The molecule has 0 saturated carbocycles. The molecule has 0 aliphatic rings. The highest BCUT2D eigenvalue weighted by Crippen LogP contribution is 2.21. The van der Waals surface area contributed by atoms with E-state index >= 15 is 0 Å². The Bertz CT molecular complexity index is 376. The largest absolute Gasteiger partial charge is 0.302 e. The van der Waals surface area contributed by atoms with Crippen molar-refractivity contribution < 1.29 is 0 Å². The second-order valence-electron chi connectivity index (χ2n) is 3.67. The van der Waals surface area contributed by atoms with Gasteiger partial charge in [-0.15, -0.1) is 0 Å². The molecule has 4 heteroatoms. The minimum atomic E-state index is -0.0289. The van der Waals surface area contributed by atoms with Gasteiger partial charge in [0, 0.05) is 10.8 Å². The van der Waals surface area contributed by atoms with Crippen LogP contribution in [0.2, 0.25) is 5.02 Å². The highest BCUT2D eigenvalue weighted by atomic mass is 35.5. The van der Waals surface area contributed by atoms with Crippen molar-refractivity contribution >= 4 is 23.4 Å². The van der Waals surface area contributed by atoms with Crippen molar-refractivity contribution in [1.82, 2.24) is 5.32 Å². The van der Waals surface area contributed by atoms with E-state index in [0.29, 0.717) is 0 Å². The van der Waals surface area contributed by atoms with Crippen molar-refractivity contribution in [1.29, 1.82) is 5.26 Å². The maximum atomic E-state index is 8.87. The van der Waals surface area contributed by atoms with Crippen LogP contribution >= 0.6 is 23.4 Å². The average Bonchev–Trinajstić information content (AvgIpc) is 2.35. The first-order valence-corrected chi connectivity index (χ1v) is 7.25. The highest BCUT2D eigenvalue weighted by Gasteiger charge is 2.05. The van der Waals surface area contributed by atoms with Crippen molar-refractivity contribution in [2.45, 2.75) is 25.1 Å². The second kappa shape index (κ2) is 8.41. The molecule has 1 aromatic carbocycles. The van der Waals surface area contributed by atoms with Crippen molar-refractivity contribution in [2.75, 3.05) is 12.3 Å². The van der Waals surface area contributed by atoms with Gasteiger partial charge in [-0.3, -0.25) is 0 Å². The summed E-state index contributed by atoms with van der Waals surface area (Å²) in [5.41, 5.74) is 1.16. The molecule has 0 bridgehead atoms. The Balaban J connectivity index is 2.25. The molecule has 17 heavy (non-hydrogen) atoms. The molecule has 0 aliphatic carbocycles. The van der Waals surface area contributed by atoms with E-state index in [-0.39, 0.29) is 6.04 Å². The van der Waals surface area contributed by atoms with E-state index in [1.54, 1.807) is 0 Å². The van der Waals surface area contributed by atoms with Crippen molar-refractivity contribution in [3.05, 3.63) is 34.9 Å². The number of nitriles is 1. The van der Waals surface area contributed by atoms with E-state index in [0.717, 1.165) is 35.1 Å². The zero-order valence-electron chi connectivity index (χ0n) is 9.95. The molecule has 1 atom stereocenters. The van der Waals surface area contributed by atoms with Crippen LogP contribution in [0.15, 0.2) is 24.3 Å². The molecule has 0 saturated heterocycles. The van der Waals surface area contributed by atoms with Gasteiger partial charge in [0.15, 0.2) is 0 Å². The lowest BCUT2D eigenvalue weighted by molar-refractivity contribution is 0.613. The topological polar surface area (TPSA) is 35.8 Å². The van der Waals surface area contributed by atoms with E-state index in [9.17, 15) is 0 Å². The third kappa shape index (κ3) is 5.45. The number of benzene rings is 1. The van der Waals surface area contributed by atoms with Gasteiger partial charge >= 0.3 is 0 Å². The highest BCUT2D eigenvalue weighted by molar-refractivity contribution is 7.98. The van der Waals surface area contributed by atoms with E-state index in [4.69, 9.17) is 16.9 Å². The second-order valence-corrected chi connectivity index (χ2v) is 5.18. The first-order valence-electron chi connectivity index (χ1n) is 5.72. The van der Waals surface area contributed by atoms with Gasteiger partial charge in [-0.25, -0.2) is 0 Å². The Morgan fingerprint density at radius 2 is 2.24 bits per heavy atom. The Kier molecular flexibility index (Phi) is 7.11. The molecule has 0 spiro atoms. The fraction of sp³-hybridized carbons (Fsp3) is 0.462. The first kappa shape index (κ1) is 14.4. The minimum absolute atomic E-state index is 0.0289. The number of hydrogen-bond acceptors (Lipinski definition) is 3. The fourth-order valence-electron chi connectivity index (χ4n) is 1.46. The number of thioether (sulfide) groups is 1. The predicted molar refractivity (Wildman–Crippen MR) is 75.3 cm³/mol. The monoisotopic (exact) mass is 268 g/mol. The van der Waals surface area contributed by atoms with Gasteiger partial charge in [0.2, 0.25) is 0 Å². The van der Waals surface area contributed by atoms with Crippen LogP contribution in [0.4, 0.5) is 0 Å². The van der Waals surface area contributed by atoms with E-state index in [1.165, 1.54) is 0 Å². The van der Waals surface area contributed by atoms with Crippen molar-refractivity contribution in [3.8, 4) is 6.07 Å². The third-order valence-corrected chi connectivity index (χ3v) is 3.78. The van der Waals surface area contributed by atoms with Gasteiger partial charge in [-0.2, -0.15) is 17.0 Å². The van der Waals surface area contributed by atoms with E-state index in [2.05, 4.69) is 11.4 Å². The number of nitrogens with one attached hydrogen (secondary N) is 1. The third-order valence-electron chi connectivity index (χ3n) is 2.37. The van der Waals surface area contributed by atoms with Crippen molar-refractivity contribution in [2.24, 2.45) is 0 Å². The summed E-state index contributed by atoms with van der Waals surface area (Å²) in [5.74, 6) is 1.88. The number of rotatable bonds is 7. The lowest BCUT2D eigenvalue weighted by Gasteiger charge is -2.09. The van der Waals surface area contributed by atoms with Crippen LogP contribution in [0, 0.1) is 11.3 Å². The zero-order valence-corrected chi connectivity index (χ0v) is 11.5. The lowest BCUT2D eigenvalue weighted by atomic mass is 10.2. The van der Waals surface area contributed by atoms with Gasteiger partial charge in [-0.05, 0) is 30.3 Å². The molecule has 2 nitrogen and oxygen atoms in total. The van der Waals surface area contributed by atoms with Crippen LogP contribution in [-0.2, 0) is 5.75 Å². The zero-order chi connectivity index (χ0) is 12.5. The number of hydrogen-bond donors (Lipinski definition) is 1. The molecular weight excluding hydrogens is 252 g/mol. The first-order chi connectivity index (χ1) is 8.27. The van der Waals surface area contributed by atoms with E-state index < -0.39 is 0 Å². The molecule has 1 N–H and O–H groups in total. The van der Waals surface area contributed by atoms with Crippen LogP contribution in [0.25, 0.3) is 0 Å². The summed E-state index contributed by atoms with van der Waals surface area (Å²) in [6.45, 7) is 2.86. The fourth-order valence-corrected chi connectivity index (χ4v) is 2.76. The molecule has 0 aliphatic heterocycles. The summed E-state index contributed by atoms with van der Waals surface area (Å²) in [6, 6.07) is 10.1. The summed E-state index contributed by atoms with van der Waals surface area (Å²) in [6.07, 6.45) is 0.874. The van der Waals surface area contributed by atoms with Gasteiger partial charge < -0.3 is 5.32 Å². The Labute approximate surface area is 112 Å². The molecule has 1 unspecified atom stereocenters. The molecule has 92 valence electrons. The SMILES string of the molecule is CCNC(C#N)CCSCc1ccccc1Cl. The van der Waals surface area contributed by atoms with Gasteiger partial charge in [-0.1, -0.05) is 36.7 Å². The molecule has 1 aromatic rings. The molecular formula is C13H17ClN2S. The van der Waals surface area contributed by atoms with Gasteiger partial charge in [0.25, 0.3) is 0 Å². The molecule has 0 radical (unpaired) electrons. The Morgan fingerprint density at radius 1 is 1.47 bits per heavy atom. The van der Waals surface area contributed by atoms with Crippen LogP contribution < -0.4 is 5.32 Å². The van der Waals surface area contributed by atoms with Gasteiger partial charge in [0.05, 0.1) is 12.1 Å².